The summed E-state index contributed by atoms with van der Waals surface area (Å²) in [5.74, 6) is -1.28. The van der Waals surface area contributed by atoms with Crippen molar-refractivity contribution in [2.75, 3.05) is 19.6 Å². The fourth-order valence-corrected chi connectivity index (χ4v) is 1.72. The third-order valence-corrected chi connectivity index (χ3v) is 2.56. The van der Waals surface area contributed by atoms with Gasteiger partial charge in [-0.15, -0.1) is 0 Å². The van der Waals surface area contributed by atoms with Gasteiger partial charge in [0.2, 0.25) is 0 Å². The second kappa shape index (κ2) is 5.33. The lowest BCUT2D eigenvalue weighted by Crippen LogP contribution is -2.59. The highest BCUT2D eigenvalue weighted by Crippen LogP contribution is 2.15. The molecule has 0 aromatic rings. The molecule has 1 aliphatic heterocycles. The van der Waals surface area contributed by atoms with Gasteiger partial charge in [0.1, 0.15) is 5.60 Å². The number of carboxylic acid groups (broad SMARTS) is 2. The maximum Gasteiger partial charge on any atom is 0.410 e. The standard InChI is InChI=1S/C11H18N2O6/c1-11(2,3)19-10(18)12-4-5-13(9(16)17)7(6-12)8(14)15/h7H,4-6H2,1-3H3,(H,14,15)(H,16,17)/t7-/m0/s1. The molecule has 0 saturated carbocycles. The van der Waals surface area contributed by atoms with E-state index < -0.39 is 29.8 Å². The number of aliphatic carboxylic acids is 1. The number of hydrogen-bond acceptors (Lipinski definition) is 4. The molecule has 0 aromatic carbocycles. The average molecular weight is 274 g/mol. The first-order valence-electron chi connectivity index (χ1n) is 5.82. The molecule has 2 N–H and O–H groups in total. The highest BCUT2D eigenvalue weighted by Gasteiger charge is 2.38. The number of carbonyl (C=O) groups excluding carboxylic acids is 1. The molecule has 8 heteroatoms. The number of hydrogen-bond donors (Lipinski definition) is 2. The van der Waals surface area contributed by atoms with Crippen molar-refractivity contribution in [1.82, 2.24) is 9.80 Å². The molecule has 0 spiro atoms. The quantitative estimate of drug-likeness (QED) is 0.727. The number of nitrogens with zero attached hydrogens (tertiary/aromatic N) is 2. The molecule has 0 aliphatic carbocycles. The summed E-state index contributed by atoms with van der Waals surface area (Å²) in [6.07, 6.45) is -1.94. The third-order valence-electron chi connectivity index (χ3n) is 2.56. The highest BCUT2D eigenvalue weighted by atomic mass is 16.6. The molecule has 1 atom stereocenters. The van der Waals surface area contributed by atoms with Crippen LogP contribution >= 0.6 is 0 Å². The summed E-state index contributed by atoms with van der Waals surface area (Å²) in [6.45, 7) is 4.96. The van der Waals surface area contributed by atoms with Crippen LogP contribution in [-0.4, -0.2) is 69.4 Å². The molecule has 0 unspecified atom stereocenters. The molecule has 1 heterocycles. The predicted molar refractivity (Wildman–Crippen MR) is 64.0 cm³/mol. The van der Waals surface area contributed by atoms with Gasteiger partial charge in [-0.1, -0.05) is 0 Å². The highest BCUT2D eigenvalue weighted by molar-refractivity contribution is 5.81. The SMILES string of the molecule is CC(C)(C)OC(=O)N1CCN(C(=O)O)[C@H](C(=O)O)C1. The molecule has 1 rings (SSSR count). The van der Waals surface area contributed by atoms with Crippen LogP contribution < -0.4 is 0 Å². The van der Waals surface area contributed by atoms with Crippen LogP contribution in [0.25, 0.3) is 0 Å². The van der Waals surface area contributed by atoms with Crippen molar-refractivity contribution >= 4 is 18.2 Å². The van der Waals surface area contributed by atoms with Gasteiger partial charge in [-0.05, 0) is 20.8 Å². The van der Waals surface area contributed by atoms with E-state index in [1.165, 1.54) is 4.90 Å². The van der Waals surface area contributed by atoms with Crippen molar-refractivity contribution in [3.05, 3.63) is 0 Å². The zero-order valence-electron chi connectivity index (χ0n) is 11.1. The van der Waals surface area contributed by atoms with Gasteiger partial charge in [0, 0.05) is 13.1 Å². The minimum Gasteiger partial charge on any atom is -0.480 e. The van der Waals surface area contributed by atoms with Crippen molar-refractivity contribution in [2.24, 2.45) is 0 Å². The molecular formula is C11H18N2O6. The van der Waals surface area contributed by atoms with Crippen molar-refractivity contribution in [3.63, 3.8) is 0 Å². The largest absolute Gasteiger partial charge is 0.480 e. The molecule has 1 aliphatic rings. The Bertz CT molecular complexity index is 389. The fraction of sp³-hybridized carbons (Fsp3) is 0.727. The average Bonchev–Trinajstić information content (AvgIpc) is 2.25. The fourth-order valence-electron chi connectivity index (χ4n) is 1.72. The van der Waals surface area contributed by atoms with E-state index in [1.807, 2.05) is 0 Å². The molecule has 19 heavy (non-hydrogen) atoms. The molecule has 8 nitrogen and oxygen atoms in total. The zero-order chi connectivity index (χ0) is 14.8. The Kier molecular flexibility index (Phi) is 4.23. The number of ether oxygens (including phenoxy) is 1. The van der Waals surface area contributed by atoms with E-state index in [2.05, 4.69) is 0 Å². The van der Waals surface area contributed by atoms with Gasteiger partial charge in [0.05, 0.1) is 6.54 Å². The molecular weight excluding hydrogens is 256 g/mol. The smallest absolute Gasteiger partial charge is 0.410 e. The number of carbonyl (C=O) groups is 3. The third kappa shape index (κ3) is 4.01. The number of amides is 2. The predicted octanol–water partition coefficient (Wildman–Crippen LogP) is 0.670. The first-order valence-corrected chi connectivity index (χ1v) is 5.82. The van der Waals surface area contributed by atoms with E-state index >= 15 is 0 Å². The van der Waals surface area contributed by atoms with Crippen LogP contribution in [0.4, 0.5) is 9.59 Å². The lowest BCUT2D eigenvalue weighted by Gasteiger charge is -2.38. The van der Waals surface area contributed by atoms with Crippen LogP contribution in [0.5, 0.6) is 0 Å². The Labute approximate surface area is 110 Å². The van der Waals surface area contributed by atoms with E-state index in [0.29, 0.717) is 0 Å². The minimum atomic E-state index is -1.31. The number of piperazine rings is 1. The van der Waals surface area contributed by atoms with Crippen molar-refractivity contribution in [2.45, 2.75) is 32.4 Å². The first-order chi connectivity index (χ1) is 8.61. The van der Waals surface area contributed by atoms with Crippen LogP contribution in [0.2, 0.25) is 0 Å². The van der Waals surface area contributed by atoms with E-state index in [0.717, 1.165) is 4.90 Å². The topological polar surface area (TPSA) is 107 Å². The second-order valence-corrected chi connectivity index (χ2v) is 5.26. The van der Waals surface area contributed by atoms with Crippen LogP contribution in [0, 0.1) is 0 Å². The Morgan fingerprint density at radius 1 is 1.16 bits per heavy atom. The van der Waals surface area contributed by atoms with Gasteiger partial charge >= 0.3 is 18.2 Å². The van der Waals surface area contributed by atoms with E-state index in [-0.39, 0.29) is 19.6 Å². The summed E-state index contributed by atoms with van der Waals surface area (Å²) >= 11 is 0. The van der Waals surface area contributed by atoms with Crippen LogP contribution in [0.1, 0.15) is 20.8 Å². The Morgan fingerprint density at radius 2 is 1.74 bits per heavy atom. The van der Waals surface area contributed by atoms with Crippen LogP contribution in [-0.2, 0) is 9.53 Å². The van der Waals surface area contributed by atoms with Crippen LogP contribution in [0.3, 0.4) is 0 Å². The maximum absolute atomic E-state index is 11.8. The van der Waals surface area contributed by atoms with Crippen molar-refractivity contribution in [3.8, 4) is 0 Å². The summed E-state index contributed by atoms with van der Waals surface area (Å²) in [5.41, 5.74) is -0.681. The molecule has 0 aromatic heterocycles. The van der Waals surface area contributed by atoms with Crippen molar-refractivity contribution < 1.29 is 29.3 Å². The molecule has 2 amide bonds. The summed E-state index contributed by atoms with van der Waals surface area (Å²) in [6, 6.07) is -1.27. The Balaban J connectivity index is 2.74. The van der Waals surface area contributed by atoms with Crippen LogP contribution in [0.15, 0.2) is 0 Å². The van der Waals surface area contributed by atoms with Gasteiger partial charge in [-0.2, -0.15) is 0 Å². The number of rotatable bonds is 1. The van der Waals surface area contributed by atoms with Gasteiger partial charge in [0.15, 0.2) is 6.04 Å². The Morgan fingerprint density at radius 3 is 2.16 bits per heavy atom. The van der Waals surface area contributed by atoms with Gasteiger partial charge in [0.25, 0.3) is 0 Å². The molecule has 0 bridgehead atoms. The van der Waals surface area contributed by atoms with E-state index in [9.17, 15) is 14.4 Å². The van der Waals surface area contributed by atoms with Gasteiger partial charge < -0.3 is 19.8 Å². The Hall–Kier alpha value is -1.99. The van der Waals surface area contributed by atoms with Gasteiger partial charge in [-0.3, -0.25) is 4.90 Å². The summed E-state index contributed by atoms with van der Waals surface area (Å²) < 4.78 is 5.13. The molecule has 0 radical (unpaired) electrons. The maximum atomic E-state index is 11.8. The monoisotopic (exact) mass is 274 g/mol. The van der Waals surface area contributed by atoms with Gasteiger partial charge in [-0.25, -0.2) is 14.4 Å². The second-order valence-electron chi connectivity index (χ2n) is 5.26. The van der Waals surface area contributed by atoms with Crippen molar-refractivity contribution in [1.29, 1.82) is 0 Å². The summed E-state index contributed by atoms with van der Waals surface area (Å²) in [5, 5.41) is 17.9. The summed E-state index contributed by atoms with van der Waals surface area (Å²) in [7, 11) is 0. The lowest BCUT2D eigenvalue weighted by molar-refractivity contribution is -0.144. The lowest BCUT2D eigenvalue weighted by atomic mass is 10.2. The minimum absolute atomic E-state index is 0.0501. The van der Waals surface area contributed by atoms with E-state index in [1.54, 1.807) is 20.8 Å². The zero-order valence-corrected chi connectivity index (χ0v) is 11.1. The normalized spacial score (nSPS) is 20.1. The summed E-state index contributed by atoms with van der Waals surface area (Å²) in [4.78, 5) is 35.8. The molecule has 1 fully saturated rings. The molecule has 1 saturated heterocycles. The first kappa shape index (κ1) is 15.1. The molecule has 108 valence electrons. The van der Waals surface area contributed by atoms with E-state index in [4.69, 9.17) is 14.9 Å². The number of carboxylic acids is 1.